The van der Waals surface area contributed by atoms with Crippen molar-refractivity contribution in [1.82, 2.24) is 19.5 Å². The van der Waals surface area contributed by atoms with Gasteiger partial charge in [-0.25, -0.2) is 14.4 Å². The van der Waals surface area contributed by atoms with E-state index in [4.69, 9.17) is 9.84 Å². The molecule has 3 rings (SSSR count). The van der Waals surface area contributed by atoms with Gasteiger partial charge >= 0.3 is 0 Å². The molecule has 102 valence electrons. The van der Waals surface area contributed by atoms with Crippen LogP contribution in [0.25, 0.3) is 11.2 Å². The molecule has 3 atom stereocenters. The van der Waals surface area contributed by atoms with E-state index in [-0.39, 0.29) is 23.5 Å². The van der Waals surface area contributed by atoms with Gasteiger partial charge in [-0.2, -0.15) is 4.98 Å². The van der Waals surface area contributed by atoms with Gasteiger partial charge in [0.1, 0.15) is 18.7 Å². The zero-order valence-electron chi connectivity index (χ0n) is 9.64. The largest absolute Gasteiger partial charge is 0.492 e. The number of fused-ring (bicyclic) bond motifs is 1. The number of ether oxygens (including phenoxy) is 1. The molecular weight excluding hydrogens is 259 g/mol. The molecule has 0 unspecified atom stereocenters. The zero-order valence-corrected chi connectivity index (χ0v) is 9.64. The highest BCUT2D eigenvalue weighted by Crippen LogP contribution is 2.38. The summed E-state index contributed by atoms with van der Waals surface area (Å²) in [6.45, 7) is -0.642. The number of aromatic hydroxyl groups is 1. The molecule has 0 aliphatic carbocycles. The number of hydrogen-bond acceptors (Lipinski definition) is 7. The Labute approximate surface area is 106 Å². The van der Waals surface area contributed by atoms with Gasteiger partial charge in [0, 0.05) is 0 Å². The molecule has 1 saturated heterocycles. The maximum absolute atomic E-state index is 13.8. The molecule has 0 spiro atoms. The fourth-order valence-corrected chi connectivity index (χ4v) is 2.12. The number of imidazole rings is 1. The minimum Gasteiger partial charge on any atom is -0.492 e. The van der Waals surface area contributed by atoms with Gasteiger partial charge in [-0.05, 0) is 0 Å². The maximum atomic E-state index is 13.8. The quantitative estimate of drug-likeness (QED) is 0.672. The van der Waals surface area contributed by atoms with Crippen molar-refractivity contribution in [2.45, 2.75) is 24.6 Å². The molecule has 19 heavy (non-hydrogen) atoms. The van der Waals surface area contributed by atoms with E-state index in [0.717, 1.165) is 6.33 Å². The molecule has 1 fully saturated rings. The highest BCUT2D eigenvalue weighted by atomic mass is 19.2. The van der Waals surface area contributed by atoms with E-state index in [0.29, 0.717) is 0 Å². The summed E-state index contributed by atoms with van der Waals surface area (Å²) in [5, 5.41) is 27.9. The van der Waals surface area contributed by atoms with Gasteiger partial charge in [0.2, 0.25) is 11.7 Å². The Morgan fingerprint density at radius 3 is 2.95 bits per heavy atom. The van der Waals surface area contributed by atoms with Gasteiger partial charge in [-0.1, -0.05) is 0 Å². The second-order valence-electron chi connectivity index (χ2n) is 4.31. The van der Waals surface area contributed by atoms with Crippen molar-refractivity contribution in [3.8, 4) is 5.88 Å². The van der Waals surface area contributed by atoms with Crippen molar-refractivity contribution in [1.29, 1.82) is 0 Å². The fourth-order valence-electron chi connectivity index (χ4n) is 2.12. The molecule has 1 aliphatic rings. The molecule has 0 aromatic carbocycles. The predicted octanol–water partition coefficient (Wildman–Crippen LogP) is -0.530. The Morgan fingerprint density at radius 1 is 1.47 bits per heavy atom. The van der Waals surface area contributed by atoms with Crippen LogP contribution < -0.4 is 0 Å². The first-order valence-corrected chi connectivity index (χ1v) is 5.57. The summed E-state index contributed by atoms with van der Waals surface area (Å²) in [5.41, 5.74) is 0.410. The van der Waals surface area contributed by atoms with Crippen LogP contribution in [-0.4, -0.2) is 53.4 Å². The Hall–Kier alpha value is -1.84. The topological polar surface area (TPSA) is 114 Å². The number of aromatic nitrogens is 4. The molecule has 0 bridgehead atoms. The smallest absolute Gasteiger partial charge is 0.242 e. The Balaban J connectivity index is 2.00. The van der Waals surface area contributed by atoms with Crippen molar-refractivity contribution in [3.05, 3.63) is 12.7 Å². The highest BCUT2D eigenvalue weighted by molar-refractivity contribution is 5.75. The van der Waals surface area contributed by atoms with Gasteiger partial charge in [-0.15, -0.1) is 0 Å². The Bertz CT molecular complexity index is 617. The number of aliphatic hydroxyl groups excluding tert-OH is 1. The first-order chi connectivity index (χ1) is 9.03. The molecule has 8 nitrogen and oxygen atoms in total. The Kier molecular flexibility index (Phi) is 2.62. The van der Waals surface area contributed by atoms with Crippen LogP contribution in [0.2, 0.25) is 0 Å². The molecule has 2 aromatic heterocycles. The standard InChI is InChI=1S/C10H11FN4O4/c11-10(18)1-6(19-5(10)2-16)15-4-14-7-8(15)12-3-13-9(7)17/h3-6,16,18H,1-2H2,(H,12,13,17)/t5-,6-,10+/m1/s1. The van der Waals surface area contributed by atoms with Crippen LogP contribution >= 0.6 is 0 Å². The summed E-state index contributed by atoms with van der Waals surface area (Å²) < 4.78 is 20.3. The van der Waals surface area contributed by atoms with Crippen molar-refractivity contribution in [2.24, 2.45) is 0 Å². The van der Waals surface area contributed by atoms with Crippen molar-refractivity contribution < 1.29 is 24.4 Å². The minimum absolute atomic E-state index is 0.154. The van der Waals surface area contributed by atoms with Gasteiger partial charge < -0.3 is 20.1 Å². The molecule has 3 N–H and O–H groups in total. The summed E-state index contributed by atoms with van der Waals surface area (Å²) in [5.74, 6) is -2.92. The molecule has 0 amide bonds. The lowest BCUT2D eigenvalue weighted by Crippen LogP contribution is -2.35. The van der Waals surface area contributed by atoms with Gasteiger partial charge in [-0.3, -0.25) is 4.57 Å². The summed E-state index contributed by atoms with van der Waals surface area (Å²) in [6.07, 6.45) is -0.124. The summed E-state index contributed by atoms with van der Waals surface area (Å²) in [4.78, 5) is 11.4. The van der Waals surface area contributed by atoms with Gasteiger partial charge in [0.25, 0.3) is 0 Å². The van der Waals surface area contributed by atoms with Crippen LogP contribution in [0.3, 0.4) is 0 Å². The average Bonchev–Trinajstić information content (AvgIpc) is 2.90. The molecule has 0 saturated carbocycles. The van der Waals surface area contributed by atoms with E-state index in [1.165, 1.54) is 10.9 Å². The molecule has 0 radical (unpaired) electrons. The lowest BCUT2D eigenvalue weighted by Gasteiger charge is -2.16. The number of alkyl halides is 1. The third kappa shape index (κ3) is 1.82. The number of hydrogen-bond donors (Lipinski definition) is 3. The van der Waals surface area contributed by atoms with Crippen LogP contribution in [0, 0.1) is 0 Å². The molecular formula is C10H11FN4O4. The first-order valence-electron chi connectivity index (χ1n) is 5.57. The lowest BCUT2D eigenvalue weighted by atomic mass is 10.1. The molecule has 3 heterocycles. The molecule has 9 heteroatoms. The van der Waals surface area contributed by atoms with Crippen LogP contribution in [-0.2, 0) is 4.74 Å². The highest BCUT2D eigenvalue weighted by Gasteiger charge is 2.48. The third-order valence-corrected chi connectivity index (χ3v) is 3.09. The van der Waals surface area contributed by atoms with E-state index in [2.05, 4.69) is 15.0 Å². The lowest BCUT2D eigenvalue weighted by molar-refractivity contribution is -0.150. The minimum atomic E-state index is -2.62. The van der Waals surface area contributed by atoms with Crippen LogP contribution in [0.4, 0.5) is 4.39 Å². The number of nitrogens with zero attached hydrogens (tertiary/aromatic N) is 4. The van der Waals surface area contributed by atoms with Crippen molar-refractivity contribution in [3.63, 3.8) is 0 Å². The van der Waals surface area contributed by atoms with E-state index in [1.807, 2.05) is 0 Å². The second-order valence-corrected chi connectivity index (χ2v) is 4.31. The normalized spacial score (nSPS) is 31.1. The zero-order chi connectivity index (χ0) is 13.6. The van der Waals surface area contributed by atoms with E-state index < -0.39 is 24.8 Å². The predicted molar refractivity (Wildman–Crippen MR) is 58.7 cm³/mol. The fraction of sp³-hybridized carbons (Fsp3) is 0.500. The maximum Gasteiger partial charge on any atom is 0.242 e. The summed E-state index contributed by atoms with van der Waals surface area (Å²) in [7, 11) is 0. The third-order valence-electron chi connectivity index (χ3n) is 3.09. The Morgan fingerprint density at radius 2 is 2.26 bits per heavy atom. The van der Waals surface area contributed by atoms with Gasteiger partial charge in [0.05, 0.1) is 19.4 Å². The molecule has 1 aliphatic heterocycles. The summed E-state index contributed by atoms with van der Waals surface area (Å²) in [6, 6.07) is 0. The van der Waals surface area contributed by atoms with E-state index in [1.54, 1.807) is 0 Å². The SMILES string of the molecule is OC[C@H]1O[C@@H](n2cnc3c(O)ncnc32)C[C@@]1(O)F. The average molecular weight is 270 g/mol. The van der Waals surface area contributed by atoms with E-state index >= 15 is 0 Å². The number of aliphatic hydroxyl groups is 2. The summed E-state index contributed by atoms with van der Waals surface area (Å²) >= 11 is 0. The second kappa shape index (κ2) is 4.08. The van der Waals surface area contributed by atoms with Crippen LogP contribution in [0.5, 0.6) is 5.88 Å². The molecule has 2 aromatic rings. The number of halogens is 1. The van der Waals surface area contributed by atoms with Gasteiger partial charge in [0.15, 0.2) is 11.2 Å². The van der Waals surface area contributed by atoms with Crippen molar-refractivity contribution in [2.75, 3.05) is 6.61 Å². The van der Waals surface area contributed by atoms with Crippen LogP contribution in [0.1, 0.15) is 12.6 Å². The monoisotopic (exact) mass is 270 g/mol. The van der Waals surface area contributed by atoms with Crippen molar-refractivity contribution >= 4 is 11.2 Å². The van der Waals surface area contributed by atoms with E-state index in [9.17, 15) is 14.6 Å². The number of rotatable bonds is 2. The van der Waals surface area contributed by atoms with Crippen LogP contribution in [0.15, 0.2) is 12.7 Å². The first kappa shape index (κ1) is 12.2.